The lowest BCUT2D eigenvalue weighted by molar-refractivity contribution is -0.119. The summed E-state index contributed by atoms with van der Waals surface area (Å²) in [6.45, 7) is 4.18. The van der Waals surface area contributed by atoms with Gasteiger partial charge >= 0.3 is 0 Å². The van der Waals surface area contributed by atoms with Crippen molar-refractivity contribution in [3.63, 3.8) is 0 Å². The van der Waals surface area contributed by atoms with Gasteiger partial charge in [0.2, 0.25) is 0 Å². The van der Waals surface area contributed by atoms with Gasteiger partial charge in [-0.05, 0) is 81.6 Å². The molecule has 0 radical (unpaired) electrons. The van der Waals surface area contributed by atoms with Crippen LogP contribution in [0, 0.1) is 29.1 Å². The van der Waals surface area contributed by atoms with Gasteiger partial charge in [-0.25, -0.2) is 0 Å². The van der Waals surface area contributed by atoms with Crippen molar-refractivity contribution < 1.29 is 20.1 Å². The molecule has 7 atom stereocenters. The maximum atomic E-state index is 13.0. The molecule has 4 rings (SSSR count). The molecule has 2 bridgehead atoms. The van der Waals surface area contributed by atoms with Gasteiger partial charge < -0.3 is 15.3 Å². The summed E-state index contributed by atoms with van der Waals surface area (Å²) in [7, 11) is 0. The van der Waals surface area contributed by atoms with Crippen molar-refractivity contribution in [2.24, 2.45) is 29.1 Å². The molecule has 4 heteroatoms. The van der Waals surface area contributed by atoms with Crippen LogP contribution >= 0.6 is 0 Å². The number of fused-ring (bicyclic) bond motifs is 6. The Morgan fingerprint density at radius 1 is 1.30 bits per heavy atom. The number of aliphatic hydroxyl groups is 3. The van der Waals surface area contributed by atoms with Crippen molar-refractivity contribution in [3.05, 3.63) is 23.3 Å². The zero-order valence-electron chi connectivity index (χ0n) is 16.7. The fourth-order valence-corrected chi connectivity index (χ4v) is 6.97. The molecule has 150 valence electrons. The Bertz CT molecular complexity index is 676. The third-order valence-corrected chi connectivity index (χ3v) is 8.33. The highest BCUT2D eigenvalue weighted by Crippen LogP contribution is 2.63. The average Bonchev–Trinajstić information content (AvgIpc) is 2.76. The van der Waals surface area contributed by atoms with E-state index in [9.17, 15) is 20.1 Å². The predicted octanol–water partition coefficient (Wildman–Crippen LogP) is 3.16. The first-order chi connectivity index (χ1) is 12.8. The highest BCUT2D eigenvalue weighted by atomic mass is 16.3. The second-order valence-corrected chi connectivity index (χ2v) is 9.96. The third kappa shape index (κ3) is 3.14. The molecular weight excluding hydrogens is 340 g/mol. The van der Waals surface area contributed by atoms with E-state index in [-0.39, 0.29) is 29.6 Å². The summed E-state index contributed by atoms with van der Waals surface area (Å²) in [6.07, 6.45) is 10.2. The molecule has 0 aromatic heterocycles. The molecule has 27 heavy (non-hydrogen) atoms. The molecule has 2 saturated carbocycles. The highest BCUT2D eigenvalue weighted by molar-refractivity contribution is 5.93. The molecule has 0 aromatic rings. The smallest absolute Gasteiger partial charge is 0.159 e. The monoisotopic (exact) mass is 374 g/mol. The maximum absolute atomic E-state index is 13.0. The maximum Gasteiger partial charge on any atom is 0.159 e. The van der Waals surface area contributed by atoms with E-state index >= 15 is 0 Å². The van der Waals surface area contributed by atoms with Gasteiger partial charge in [0.05, 0.1) is 11.7 Å². The molecule has 7 unspecified atom stereocenters. The number of carbonyl (C=O) groups excluding carboxylic acids is 1. The van der Waals surface area contributed by atoms with E-state index in [0.717, 1.165) is 32.1 Å². The zero-order chi connectivity index (χ0) is 19.4. The van der Waals surface area contributed by atoms with E-state index in [2.05, 4.69) is 13.0 Å². The van der Waals surface area contributed by atoms with Crippen LogP contribution in [0.25, 0.3) is 0 Å². The van der Waals surface area contributed by atoms with Crippen LogP contribution in [0.3, 0.4) is 0 Å². The predicted molar refractivity (Wildman–Crippen MR) is 104 cm³/mol. The summed E-state index contributed by atoms with van der Waals surface area (Å²) in [6, 6.07) is 0. The molecule has 4 aliphatic carbocycles. The van der Waals surface area contributed by atoms with Crippen molar-refractivity contribution in [2.45, 2.75) is 76.9 Å². The summed E-state index contributed by atoms with van der Waals surface area (Å²) < 4.78 is 0. The Morgan fingerprint density at radius 2 is 2.07 bits per heavy atom. The van der Waals surface area contributed by atoms with E-state index in [0.29, 0.717) is 31.1 Å². The highest BCUT2D eigenvalue weighted by Gasteiger charge is 2.57. The number of rotatable bonds is 3. The number of aliphatic hydroxyl groups excluding tert-OH is 2. The first-order valence-corrected chi connectivity index (χ1v) is 10.7. The Morgan fingerprint density at radius 3 is 2.81 bits per heavy atom. The first kappa shape index (κ1) is 19.4. The molecular formula is C23H34O4. The molecule has 0 spiro atoms. The van der Waals surface area contributed by atoms with Crippen molar-refractivity contribution in [1.29, 1.82) is 0 Å². The second kappa shape index (κ2) is 6.82. The SMILES string of the molecule is CC(O)(CCO)C1CCC2C3=CC(=O)C4CC(=CCC(O)C4)C3CCC21C. The van der Waals surface area contributed by atoms with Gasteiger partial charge in [-0.1, -0.05) is 24.1 Å². The number of allylic oxidation sites excluding steroid dienone is 3. The summed E-state index contributed by atoms with van der Waals surface area (Å²) >= 11 is 0. The minimum absolute atomic E-state index is 0.00491. The first-order valence-electron chi connectivity index (χ1n) is 10.7. The van der Waals surface area contributed by atoms with E-state index in [1.54, 1.807) is 0 Å². The van der Waals surface area contributed by atoms with Crippen LogP contribution in [0.1, 0.15) is 65.2 Å². The van der Waals surface area contributed by atoms with E-state index in [1.165, 1.54) is 11.1 Å². The fourth-order valence-electron chi connectivity index (χ4n) is 6.97. The molecule has 0 aromatic carbocycles. The number of ketones is 1. The van der Waals surface area contributed by atoms with Crippen LogP contribution in [0.5, 0.6) is 0 Å². The minimum Gasteiger partial charge on any atom is -0.396 e. The molecule has 0 saturated heterocycles. The van der Waals surface area contributed by atoms with Crippen LogP contribution in [0.15, 0.2) is 23.3 Å². The topological polar surface area (TPSA) is 77.8 Å². The largest absolute Gasteiger partial charge is 0.396 e. The van der Waals surface area contributed by atoms with Crippen molar-refractivity contribution in [3.8, 4) is 0 Å². The average molecular weight is 375 g/mol. The Balaban J connectivity index is 1.69. The number of carbonyl (C=O) groups is 1. The second-order valence-electron chi connectivity index (χ2n) is 9.96. The van der Waals surface area contributed by atoms with Crippen molar-refractivity contribution in [1.82, 2.24) is 0 Å². The van der Waals surface area contributed by atoms with Crippen LogP contribution in [0.2, 0.25) is 0 Å². The summed E-state index contributed by atoms with van der Waals surface area (Å²) in [5.41, 5.74) is 1.77. The van der Waals surface area contributed by atoms with Gasteiger partial charge in [0.15, 0.2) is 5.78 Å². The molecule has 0 amide bonds. The Labute approximate surface area is 162 Å². The summed E-state index contributed by atoms with van der Waals surface area (Å²) in [5.74, 6) is 0.938. The molecule has 2 fully saturated rings. The van der Waals surface area contributed by atoms with Gasteiger partial charge in [0, 0.05) is 18.4 Å². The quantitative estimate of drug-likeness (QED) is 0.663. The summed E-state index contributed by atoms with van der Waals surface area (Å²) in [4.78, 5) is 13.0. The number of hydrogen-bond donors (Lipinski definition) is 3. The minimum atomic E-state index is -0.864. The third-order valence-electron chi connectivity index (χ3n) is 8.33. The lowest BCUT2D eigenvalue weighted by atomic mass is 9.56. The Kier molecular flexibility index (Phi) is 4.89. The van der Waals surface area contributed by atoms with Gasteiger partial charge in [-0.3, -0.25) is 4.79 Å². The molecule has 3 N–H and O–H groups in total. The zero-order valence-corrected chi connectivity index (χ0v) is 16.7. The van der Waals surface area contributed by atoms with Crippen LogP contribution in [0.4, 0.5) is 0 Å². The summed E-state index contributed by atoms with van der Waals surface area (Å²) in [5, 5.41) is 30.6. The molecule has 4 aliphatic rings. The lowest BCUT2D eigenvalue weighted by Crippen LogP contribution is -2.47. The van der Waals surface area contributed by atoms with Crippen molar-refractivity contribution >= 4 is 5.78 Å². The molecule has 0 heterocycles. The fraction of sp³-hybridized carbons (Fsp3) is 0.783. The van der Waals surface area contributed by atoms with Crippen LogP contribution < -0.4 is 0 Å². The van der Waals surface area contributed by atoms with Crippen molar-refractivity contribution in [2.75, 3.05) is 6.61 Å². The Hall–Kier alpha value is -0.970. The van der Waals surface area contributed by atoms with Crippen LogP contribution in [-0.4, -0.2) is 39.4 Å². The van der Waals surface area contributed by atoms with E-state index in [1.807, 2.05) is 13.0 Å². The standard InChI is InChI=1S/C23H34O4/c1-22-8-7-17-14-3-4-16(25)12-15(11-14)20(26)13-18(17)19(22)5-6-21(22)23(2,27)9-10-24/h3,13,15-17,19,21,24-25,27H,4-12H2,1-2H3. The number of hydrogen-bond acceptors (Lipinski definition) is 4. The van der Waals surface area contributed by atoms with E-state index < -0.39 is 11.7 Å². The molecule has 4 nitrogen and oxygen atoms in total. The lowest BCUT2D eigenvalue weighted by Gasteiger charge is -2.49. The van der Waals surface area contributed by atoms with Crippen LogP contribution in [-0.2, 0) is 4.79 Å². The normalized spacial score (nSPS) is 43.6. The van der Waals surface area contributed by atoms with Gasteiger partial charge in [-0.15, -0.1) is 0 Å². The molecule has 0 aliphatic heterocycles. The van der Waals surface area contributed by atoms with E-state index in [4.69, 9.17) is 0 Å². The van der Waals surface area contributed by atoms with Gasteiger partial charge in [0.25, 0.3) is 0 Å². The van der Waals surface area contributed by atoms with Gasteiger partial charge in [0.1, 0.15) is 0 Å². The van der Waals surface area contributed by atoms with Gasteiger partial charge in [-0.2, -0.15) is 0 Å².